The number of nitrogens with zero attached hydrogens (tertiary/aromatic N) is 1. The van der Waals surface area contributed by atoms with Gasteiger partial charge in [-0.05, 0) is 43.2 Å². The fraction of sp³-hybridized carbons (Fsp3) is 0.318. The lowest BCUT2D eigenvalue weighted by molar-refractivity contribution is 0.0539. The third-order valence-corrected chi connectivity index (χ3v) is 4.49. The van der Waals surface area contributed by atoms with E-state index in [1.54, 1.807) is 43.3 Å². The molecule has 0 aliphatic rings. The molecule has 2 aromatic carbocycles. The number of hydrogen-bond donors (Lipinski definition) is 4. The van der Waals surface area contributed by atoms with Crippen LogP contribution in [0.25, 0.3) is 0 Å². The van der Waals surface area contributed by atoms with Crippen molar-refractivity contribution < 1.29 is 24.2 Å². The van der Waals surface area contributed by atoms with Gasteiger partial charge in [-0.2, -0.15) is 5.26 Å². The molecule has 2 rings (SSSR count). The van der Waals surface area contributed by atoms with Crippen molar-refractivity contribution in [1.82, 2.24) is 5.32 Å². The predicted molar refractivity (Wildman–Crippen MR) is 116 cm³/mol. The third-order valence-electron chi connectivity index (χ3n) is 4.49. The van der Waals surface area contributed by atoms with Gasteiger partial charge in [0.05, 0.1) is 25.3 Å². The first-order chi connectivity index (χ1) is 14.9. The predicted octanol–water partition coefficient (Wildman–Crippen LogP) is 3.77. The molecule has 0 spiro atoms. The van der Waals surface area contributed by atoms with E-state index in [4.69, 9.17) is 19.8 Å². The summed E-state index contributed by atoms with van der Waals surface area (Å²) in [6.45, 7) is 3.35. The highest BCUT2D eigenvalue weighted by Crippen LogP contribution is 2.23. The Morgan fingerprint density at radius 1 is 1.16 bits per heavy atom. The van der Waals surface area contributed by atoms with Crippen LogP contribution in [0.1, 0.15) is 37.4 Å². The molecule has 164 valence electrons. The number of carbonyl (C=O) groups excluding carboxylic acids is 2. The molecule has 0 saturated heterocycles. The molecule has 0 bridgehead atoms. The van der Waals surface area contributed by atoms with Crippen molar-refractivity contribution in [1.29, 1.82) is 5.26 Å². The van der Waals surface area contributed by atoms with Crippen LogP contribution < -0.4 is 20.7 Å². The highest BCUT2D eigenvalue weighted by Gasteiger charge is 2.15. The van der Waals surface area contributed by atoms with Crippen molar-refractivity contribution in [3.8, 4) is 11.8 Å². The van der Waals surface area contributed by atoms with Gasteiger partial charge < -0.3 is 30.5 Å². The van der Waals surface area contributed by atoms with Crippen molar-refractivity contribution in [2.45, 2.75) is 32.4 Å². The Balaban J connectivity index is 1.99. The topological polar surface area (TPSA) is 133 Å². The van der Waals surface area contributed by atoms with Crippen LogP contribution in [0.15, 0.2) is 42.5 Å². The lowest BCUT2D eigenvalue weighted by Crippen LogP contribution is -2.32. The second-order valence-electron chi connectivity index (χ2n) is 6.72. The molecule has 0 aliphatic heterocycles. The van der Waals surface area contributed by atoms with Gasteiger partial charge in [0.2, 0.25) is 0 Å². The highest BCUT2D eigenvalue weighted by molar-refractivity contribution is 6.00. The fourth-order valence-corrected chi connectivity index (χ4v) is 2.74. The summed E-state index contributed by atoms with van der Waals surface area (Å²) in [4.78, 5) is 24.3. The van der Waals surface area contributed by atoms with Crippen LogP contribution in [0.2, 0.25) is 0 Å². The molecule has 9 heteroatoms. The number of aliphatic hydroxyl groups excluding tert-OH is 1. The molecule has 0 heterocycles. The minimum absolute atomic E-state index is 0.238. The van der Waals surface area contributed by atoms with Gasteiger partial charge in [-0.3, -0.25) is 0 Å². The van der Waals surface area contributed by atoms with E-state index in [-0.39, 0.29) is 12.6 Å². The number of anilines is 2. The maximum atomic E-state index is 12.3. The quantitative estimate of drug-likeness (QED) is 0.508. The number of amides is 3. The van der Waals surface area contributed by atoms with Gasteiger partial charge in [-0.1, -0.05) is 19.1 Å². The first-order valence-corrected chi connectivity index (χ1v) is 9.74. The van der Waals surface area contributed by atoms with Gasteiger partial charge in [0.25, 0.3) is 0 Å². The summed E-state index contributed by atoms with van der Waals surface area (Å²) in [6.07, 6.45) is -0.665. The second-order valence-corrected chi connectivity index (χ2v) is 6.72. The molecular formula is C22H26N4O5. The molecule has 0 fully saturated rings. The van der Waals surface area contributed by atoms with E-state index in [1.807, 2.05) is 19.1 Å². The number of rotatable bonds is 8. The number of carbonyl (C=O) groups is 2. The summed E-state index contributed by atoms with van der Waals surface area (Å²) in [5, 5.41) is 26.3. The largest absolute Gasteiger partial charge is 0.495 e. The summed E-state index contributed by atoms with van der Waals surface area (Å²) in [6, 6.07) is 12.9. The van der Waals surface area contributed by atoms with Crippen molar-refractivity contribution in [2.75, 3.05) is 24.4 Å². The average molecular weight is 426 g/mol. The van der Waals surface area contributed by atoms with Crippen LogP contribution in [0.5, 0.6) is 5.75 Å². The van der Waals surface area contributed by atoms with E-state index < -0.39 is 18.2 Å². The number of ether oxygens (including phenoxy) is 2. The van der Waals surface area contributed by atoms with E-state index in [0.717, 1.165) is 5.56 Å². The van der Waals surface area contributed by atoms with Gasteiger partial charge in [0.1, 0.15) is 17.9 Å². The van der Waals surface area contributed by atoms with E-state index in [1.165, 1.54) is 7.11 Å². The lowest BCUT2D eigenvalue weighted by Gasteiger charge is -2.18. The lowest BCUT2D eigenvalue weighted by atomic mass is 10.1. The first-order valence-electron chi connectivity index (χ1n) is 9.74. The van der Waals surface area contributed by atoms with E-state index in [0.29, 0.717) is 29.1 Å². The van der Waals surface area contributed by atoms with Crippen LogP contribution >= 0.6 is 0 Å². The standard InChI is InChI=1S/C22H26N4O5/c1-4-19(13-27)31-22(29)24-14(2)15-6-5-7-17(10-15)25-21(28)26-18-9-8-16(12-23)20(11-18)30-3/h5-11,14,19,27H,4,13H2,1-3H3,(H,24,29)(H2,25,26,28)/t14-,19-/m1/s1. The summed E-state index contributed by atoms with van der Waals surface area (Å²) in [5.74, 6) is 0.362. The Kier molecular flexibility index (Phi) is 8.66. The third kappa shape index (κ3) is 6.90. The first kappa shape index (κ1) is 23.5. The molecule has 0 radical (unpaired) electrons. The maximum Gasteiger partial charge on any atom is 0.407 e. The van der Waals surface area contributed by atoms with Gasteiger partial charge in [0, 0.05) is 17.4 Å². The molecule has 3 amide bonds. The molecule has 2 aromatic rings. The zero-order valence-electron chi connectivity index (χ0n) is 17.6. The van der Waals surface area contributed by atoms with E-state index in [2.05, 4.69) is 16.0 Å². The average Bonchev–Trinajstić information content (AvgIpc) is 2.77. The van der Waals surface area contributed by atoms with Crippen LogP contribution in [0, 0.1) is 11.3 Å². The van der Waals surface area contributed by atoms with Gasteiger partial charge >= 0.3 is 12.1 Å². The maximum absolute atomic E-state index is 12.3. The molecule has 4 N–H and O–H groups in total. The molecule has 0 unspecified atom stereocenters. The van der Waals surface area contributed by atoms with Gasteiger partial charge in [-0.15, -0.1) is 0 Å². The molecule has 31 heavy (non-hydrogen) atoms. The Morgan fingerprint density at radius 3 is 2.48 bits per heavy atom. The smallest absolute Gasteiger partial charge is 0.407 e. The number of aliphatic hydroxyl groups is 1. The molecule has 0 aliphatic carbocycles. The van der Waals surface area contributed by atoms with Crippen LogP contribution in [0.4, 0.5) is 21.0 Å². The number of benzene rings is 2. The summed E-state index contributed by atoms with van der Waals surface area (Å²) in [5.41, 5.74) is 2.12. The number of hydrogen-bond acceptors (Lipinski definition) is 6. The van der Waals surface area contributed by atoms with Crippen molar-refractivity contribution in [3.63, 3.8) is 0 Å². The molecule has 9 nitrogen and oxygen atoms in total. The minimum Gasteiger partial charge on any atom is -0.495 e. The zero-order valence-corrected chi connectivity index (χ0v) is 17.6. The van der Waals surface area contributed by atoms with Crippen molar-refractivity contribution >= 4 is 23.5 Å². The molecule has 2 atom stereocenters. The Bertz CT molecular complexity index is 953. The van der Waals surface area contributed by atoms with Crippen molar-refractivity contribution in [2.24, 2.45) is 0 Å². The Labute approximate surface area is 181 Å². The summed E-state index contributed by atoms with van der Waals surface area (Å²) < 4.78 is 10.3. The number of nitrogens with one attached hydrogen (secondary N) is 3. The van der Waals surface area contributed by atoms with Crippen LogP contribution in [-0.2, 0) is 4.74 Å². The minimum atomic E-state index is -0.626. The van der Waals surface area contributed by atoms with Crippen LogP contribution in [-0.4, -0.2) is 37.1 Å². The summed E-state index contributed by atoms with van der Waals surface area (Å²) >= 11 is 0. The SMILES string of the molecule is CC[C@H](CO)OC(=O)N[C@H](C)c1cccc(NC(=O)Nc2ccc(C#N)c(OC)c2)c1. The van der Waals surface area contributed by atoms with Crippen LogP contribution in [0.3, 0.4) is 0 Å². The normalized spacial score (nSPS) is 12.1. The zero-order chi connectivity index (χ0) is 22.8. The Hall–Kier alpha value is -3.77. The number of nitriles is 1. The number of methoxy groups -OCH3 is 1. The van der Waals surface area contributed by atoms with Gasteiger partial charge in [0.15, 0.2) is 0 Å². The summed E-state index contributed by atoms with van der Waals surface area (Å²) in [7, 11) is 1.45. The molecular weight excluding hydrogens is 400 g/mol. The number of alkyl carbamates (subject to hydrolysis) is 1. The van der Waals surface area contributed by atoms with Crippen molar-refractivity contribution in [3.05, 3.63) is 53.6 Å². The van der Waals surface area contributed by atoms with E-state index >= 15 is 0 Å². The highest BCUT2D eigenvalue weighted by atomic mass is 16.6. The number of urea groups is 1. The van der Waals surface area contributed by atoms with Gasteiger partial charge in [-0.25, -0.2) is 9.59 Å². The molecule has 0 aromatic heterocycles. The monoisotopic (exact) mass is 426 g/mol. The second kappa shape index (κ2) is 11.4. The Morgan fingerprint density at radius 2 is 1.87 bits per heavy atom. The van der Waals surface area contributed by atoms with E-state index in [9.17, 15) is 9.59 Å². The fourth-order valence-electron chi connectivity index (χ4n) is 2.74. The molecule has 0 saturated carbocycles.